The Balaban J connectivity index is 0. The lowest BCUT2D eigenvalue weighted by Gasteiger charge is -2.28. The van der Waals surface area contributed by atoms with Gasteiger partial charge in [0.15, 0.2) is 0 Å². The quantitative estimate of drug-likeness (QED) is 0.462. The van der Waals surface area contributed by atoms with E-state index in [4.69, 9.17) is 10.2 Å². The molecule has 2 aliphatic heterocycles. The maximum Gasteiger partial charge on any atom is 0.403 e. The molecule has 0 saturated carbocycles. The standard InChI is InChI=1S/2C6H10F3NO.2ClH/c2*7-6(8,9)5-3-4(11)1-2-10-5;;/h2*4-5,10-11H,1-3H2;2*1H/t2*4-,5+;;/m10../s1. The van der Waals surface area contributed by atoms with Crippen molar-refractivity contribution in [3.63, 3.8) is 0 Å². The van der Waals surface area contributed by atoms with Gasteiger partial charge in [-0.25, -0.2) is 0 Å². The summed E-state index contributed by atoms with van der Waals surface area (Å²) in [5.41, 5.74) is 0. The van der Waals surface area contributed by atoms with Crippen molar-refractivity contribution < 1.29 is 36.6 Å². The molecule has 0 aliphatic carbocycles. The van der Waals surface area contributed by atoms with E-state index in [-0.39, 0.29) is 50.7 Å². The molecule has 4 nitrogen and oxygen atoms in total. The molecule has 0 amide bonds. The molecule has 148 valence electrons. The normalized spacial score (nSPS) is 31.0. The molecule has 0 unspecified atom stereocenters. The minimum Gasteiger partial charge on any atom is -0.393 e. The zero-order valence-corrected chi connectivity index (χ0v) is 14.2. The van der Waals surface area contributed by atoms with Gasteiger partial charge in [-0.1, -0.05) is 0 Å². The van der Waals surface area contributed by atoms with Gasteiger partial charge in [-0.15, -0.1) is 24.8 Å². The Labute approximate surface area is 148 Å². The molecule has 0 spiro atoms. The average Bonchev–Trinajstić information content (AvgIpc) is 2.37. The van der Waals surface area contributed by atoms with Gasteiger partial charge < -0.3 is 20.8 Å². The van der Waals surface area contributed by atoms with E-state index in [1.165, 1.54) is 0 Å². The fraction of sp³-hybridized carbons (Fsp3) is 1.00. The maximum absolute atomic E-state index is 11.9. The first kappa shape index (κ1) is 26.2. The fourth-order valence-electron chi connectivity index (χ4n) is 2.29. The molecule has 0 radical (unpaired) electrons. The summed E-state index contributed by atoms with van der Waals surface area (Å²) in [5.74, 6) is 0. The molecule has 2 rings (SSSR count). The Morgan fingerprint density at radius 3 is 1.12 bits per heavy atom. The molecule has 2 heterocycles. The van der Waals surface area contributed by atoms with Crippen LogP contribution in [0.4, 0.5) is 26.3 Å². The summed E-state index contributed by atoms with van der Waals surface area (Å²) in [6, 6.07) is -3.04. The van der Waals surface area contributed by atoms with Crippen molar-refractivity contribution in [3.05, 3.63) is 0 Å². The smallest absolute Gasteiger partial charge is 0.393 e. The molecule has 2 saturated heterocycles. The number of hydrogen-bond acceptors (Lipinski definition) is 4. The fourth-order valence-corrected chi connectivity index (χ4v) is 2.29. The van der Waals surface area contributed by atoms with Crippen LogP contribution in [0.2, 0.25) is 0 Å². The van der Waals surface area contributed by atoms with Crippen LogP contribution >= 0.6 is 24.8 Å². The first-order chi connectivity index (χ1) is 10.00. The number of aliphatic hydroxyl groups excluding tert-OH is 2. The predicted molar refractivity (Wildman–Crippen MR) is 80.7 cm³/mol. The molecule has 0 bridgehead atoms. The average molecular weight is 411 g/mol. The van der Waals surface area contributed by atoms with Crippen LogP contribution < -0.4 is 10.6 Å². The van der Waals surface area contributed by atoms with Gasteiger partial charge >= 0.3 is 12.4 Å². The van der Waals surface area contributed by atoms with Gasteiger partial charge in [0.2, 0.25) is 0 Å². The van der Waals surface area contributed by atoms with Crippen LogP contribution in [0.5, 0.6) is 0 Å². The largest absolute Gasteiger partial charge is 0.403 e. The first-order valence-corrected chi connectivity index (χ1v) is 6.96. The molecule has 2 fully saturated rings. The number of aliphatic hydroxyl groups is 2. The number of nitrogens with one attached hydrogen (secondary N) is 2. The minimum absolute atomic E-state index is 0. The molecular formula is C12H22Cl2F6N2O2. The van der Waals surface area contributed by atoms with Crippen molar-refractivity contribution in [2.75, 3.05) is 13.1 Å². The van der Waals surface area contributed by atoms with Crippen LogP contribution in [0.25, 0.3) is 0 Å². The number of halogens is 8. The lowest BCUT2D eigenvalue weighted by Crippen LogP contribution is -2.49. The van der Waals surface area contributed by atoms with Crippen LogP contribution in [-0.4, -0.2) is 59.9 Å². The number of alkyl halides is 6. The second-order valence-electron chi connectivity index (χ2n) is 5.45. The lowest BCUT2D eigenvalue weighted by atomic mass is 10.0. The van der Waals surface area contributed by atoms with E-state index in [0.717, 1.165) is 0 Å². The highest BCUT2D eigenvalue weighted by atomic mass is 35.5. The molecular weight excluding hydrogens is 389 g/mol. The van der Waals surface area contributed by atoms with Crippen molar-refractivity contribution >= 4 is 24.8 Å². The van der Waals surface area contributed by atoms with E-state index >= 15 is 0 Å². The van der Waals surface area contributed by atoms with Gasteiger partial charge in [0.05, 0.1) is 12.2 Å². The Hall–Kier alpha value is -0.000000000000000111. The molecule has 0 aromatic carbocycles. The first-order valence-electron chi connectivity index (χ1n) is 6.96. The Morgan fingerprint density at radius 1 is 0.667 bits per heavy atom. The van der Waals surface area contributed by atoms with Crippen molar-refractivity contribution in [2.45, 2.75) is 62.3 Å². The summed E-state index contributed by atoms with van der Waals surface area (Å²) in [5, 5.41) is 22.4. The molecule has 4 N–H and O–H groups in total. The van der Waals surface area contributed by atoms with E-state index in [1.54, 1.807) is 0 Å². The lowest BCUT2D eigenvalue weighted by molar-refractivity contribution is -0.167. The van der Waals surface area contributed by atoms with Crippen LogP contribution in [0.1, 0.15) is 25.7 Å². The number of hydrogen-bond donors (Lipinski definition) is 4. The van der Waals surface area contributed by atoms with Crippen molar-refractivity contribution in [1.29, 1.82) is 0 Å². The molecule has 4 atom stereocenters. The second kappa shape index (κ2) is 10.9. The molecule has 0 aromatic heterocycles. The van der Waals surface area contributed by atoms with E-state index in [9.17, 15) is 26.3 Å². The zero-order chi connectivity index (χ0) is 17.0. The summed E-state index contributed by atoms with van der Waals surface area (Å²) in [6.45, 7) is 0.483. The number of rotatable bonds is 0. The molecule has 24 heavy (non-hydrogen) atoms. The third kappa shape index (κ3) is 9.47. The van der Waals surface area contributed by atoms with Crippen molar-refractivity contribution in [3.8, 4) is 0 Å². The van der Waals surface area contributed by atoms with E-state index in [1.807, 2.05) is 0 Å². The van der Waals surface area contributed by atoms with E-state index < -0.39 is 36.6 Å². The minimum atomic E-state index is -4.22. The van der Waals surface area contributed by atoms with Crippen LogP contribution in [0.3, 0.4) is 0 Å². The van der Waals surface area contributed by atoms with Crippen LogP contribution in [-0.2, 0) is 0 Å². The van der Waals surface area contributed by atoms with Gasteiger partial charge in [0.1, 0.15) is 12.1 Å². The van der Waals surface area contributed by atoms with E-state index in [0.29, 0.717) is 12.8 Å². The topological polar surface area (TPSA) is 64.5 Å². The van der Waals surface area contributed by atoms with Crippen LogP contribution in [0, 0.1) is 0 Å². The third-order valence-electron chi connectivity index (χ3n) is 3.54. The summed E-state index contributed by atoms with van der Waals surface area (Å²) in [6.07, 6.45) is -9.67. The highest BCUT2D eigenvalue weighted by Gasteiger charge is 2.42. The van der Waals surface area contributed by atoms with Crippen LogP contribution in [0.15, 0.2) is 0 Å². The van der Waals surface area contributed by atoms with Gasteiger partial charge in [-0.2, -0.15) is 26.3 Å². The molecule has 0 aromatic rings. The highest BCUT2D eigenvalue weighted by Crippen LogP contribution is 2.26. The predicted octanol–water partition coefficient (Wildman–Crippen LogP) is 2.17. The molecule has 12 heteroatoms. The van der Waals surface area contributed by atoms with Crippen molar-refractivity contribution in [2.24, 2.45) is 0 Å². The number of piperidine rings is 2. The van der Waals surface area contributed by atoms with Gasteiger partial charge in [0.25, 0.3) is 0 Å². The summed E-state index contributed by atoms with van der Waals surface area (Å²) >= 11 is 0. The Morgan fingerprint density at radius 2 is 0.958 bits per heavy atom. The Kier molecular flexibility index (Phi) is 11.9. The monoisotopic (exact) mass is 410 g/mol. The third-order valence-corrected chi connectivity index (χ3v) is 3.54. The highest BCUT2D eigenvalue weighted by molar-refractivity contribution is 5.85. The SMILES string of the molecule is Cl.Cl.O[C@@H]1CCN[C@H](C(F)(F)F)C1.O[C@H]1CCN[C@@H](C(F)(F)F)C1. The van der Waals surface area contributed by atoms with Gasteiger partial charge in [-0.05, 0) is 38.8 Å². The van der Waals surface area contributed by atoms with Crippen molar-refractivity contribution in [1.82, 2.24) is 10.6 Å². The molecule has 2 aliphatic rings. The Bertz CT molecular complexity index is 314. The maximum atomic E-state index is 11.9. The summed E-state index contributed by atoms with van der Waals surface area (Å²) in [4.78, 5) is 0. The second-order valence-corrected chi connectivity index (χ2v) is 5.45. The summed E-state index contributed by atoms with van der Waals surface area (Å²) in [7, 11) is 0. The zero-order valence-electron chi connectivity index (χ0n) is 12.5. The van der Waals surface area contributed by atoms with Gasteiger partial charge in [-0.3, -0.25) is 0 Å². The summed E-state index contributed by atoms with van der Waals surface area (Å²) < 4.78 is 71.6. The van der Waals surface area contributed by atoms with E-state index in [2.05, 4.69) is 10.6 Å². The van der Waals surface area contributed by atoms with Gasteiger partial charge in [0, 0.05) is 0 Å².